The summed E-state index contributed by atoms with van der Waals surface area (Å²) < 4.78 is 13.9. The third-order valence-corrected chi connectivity index (χ3v) is 6.68. The molecular weight excluding hydrogens is 335 g/mol. The first-order valence-corrected chi connectivity index (χ1v) is 9.02. The van der Waals surface area contributed by atoms with Crippen molar-refractivity contribution >= 4 is 45.1 Å². The van der Waals surface area contributed by atoms with Crippen molar-refractivity contribution in [2.45, 2.75) is 25.7 Å². The van der Waals surface area contributed by atoms with Gasteiger partial charge in [0.15, 0.2) is 0 Å². The Morgan fingerprint density at radius 3 is 3.00 bits per heavy atom. The van der Waals surface area contributed by atoms with Gasteiger partial charge in [-0.3, -0.25) is 4.79 Å². The molecule has 2 saturated carbocycles. The Bertz CT molecular complexity index is 803. The van der Waals surface area contributed by atoms with Crippen LogP contribution < -0.4 is 5.43 Å². The van der Waals surface area contributed by atoms with Crippen molar-refractivity contribution in [1.82, 2.24) is 5.43 Å². The summed E-state index contributed by atoms with van der Waals surface area (Å²) in [6.07, 6.45) is 6.99. The number of halogens is 2. The van der Waals surface area contributed by atoms with Crippen LogP contribution in [-0.2, 0) is 0 Å². The quantitative estimate of drug-likeness (QED) is 0.624. The zero-order valence-corrected chi connectivity index (χ0v) is 14.0. The molecule has 2 fully saturated rings. The number of nitrogens with zero attached hydrogens (tertiary/aromatic N) is 1. The van der Waals surface area contributed by atoms with Crippen LogP contribution in [-0.4, -0.2) is 12.1 Å². The number of rotatable bonds is 3. The van der Waals surface area contributed by atoms with Gasteiger partial charge in [0.2, 0.25) is 0 Å². The van der Waals surface area contributed by atoms with Crippen LogP contribution in [0.2, 0.25) is 5.02 Å². The fraction of sp³-hybridized carbons (Fsp3) is 0.412. The number of carbonyl (C=O) groups is 1. The lowest BCUT2D eigenvalue weighted by atomic mass is 9.90. The molecule has 0 radical (unpaired) electrons. The van der Waals surface area contributed by atoms with E-state index in [1.807, 2.05) is 6.21 Å². The summed E-state index contributed by atoms with van der Waals surface area (Å²) in [4.78, 5) is 12.6. The predicted molar refractivity (Wildman–Crippen MR) is 91.7 cm³/mol. The van der Waals surface area contributed by atoms with Gasteiger partial charge in [0.05, 0.1) is 5.02 Å². The maximum absolute atomic E-state index is 13.3. The molecule has 2 bridgehead atoms. The minimum absolute atomic E-state index is 0.336. The number of nitrogens with one attached hydrogen (secondary N) is 1. The highest BCUT2D eigenvalue weighted by Gasteiger charge is 2.38. The summed E-state index contributed by atoms with van der Waals surface area (Å²) in [5, 5.41) is 5.18. The van der Waals surface area contributed by atoms with Crippen LogP contribution in [0.25, 0.3) is 10.1 Å². The van der Waals surface area contributed by atoms with E-state index in [0.29, 0.717) is 25.9 Å². The van der Waals surface area contributed by atoms with Gasteiger partial charge in [0.25, 0.3) is 5.91 Å². The van der Waals surface area contributed by atoms with E-state index < -0.39 is 0 Å². The van der Waals surface area contributed by atoms with Gasteiger partial charge in [0, 0.05) is 16.3 Å². The van der Waals surface area contributed by atoms with Crippen molar-refractivity contribution in [2.75, 3.05) is 0 Å². The Hall–Kier alpha value is -1.46. The predicted octanol–water partition coefficient (Wildman–Crippen LogP) is 4.85. The number of amides is 1. The fourth-order valence-electron chi connectivity index (χ4n) is 3.90. The first-order valence-electron chi connectivity index (χ1n) is 7.83. The van der Waals surface area contributed by atoms with E-state index in [-0.39, 0.29) is 11.7 Å². The number of carbonyl (C=O) groups excluding carboxylic acids is 1. The van der Waals surface area contributed by atoms with E-state index in [4.69, 9.17) is 11.6 Å². The van der Waals surface area contributed by atoms with Crippen molar-refractivity contribution in [1.29, 1.82) is 0 Å². The average Bonchev–Trinajstić information content (AvgIpc) is 3.22. The minimum Gasteiger partial charge on any atom is -0.266 e. The number of fused-ring (bicyclic) bond motifs is 3. The smallest absolute Gasteiger partial charge is 0.266 e. The average molecular weight is 351 g/mol. The van der Waals surface area contributed by atoms with Gasteiger partial charge in [-0.25, -0.2) is 9.82 Å². The van der Waals surface area contributed by atoms with E-state index in [0.717, 1.165) is 11.8 Å². The van der Waals surface area contributed by atoms with Gasteiger partial charge in [-0.2, -0.15) is 5.10 Å². The van der Waals surface area contributed by atoms with E-state index in [1.54, 1.807) is 6.07 Å². The van der Waals surface area contributed by atoms with Crippen LogP contribution in [0.15, 0.2) is 23.3 Å². The summed E-state index contributed by atoms with van der Waals surface area (Å²) in [5.74, 6) is 1.39. The molecule has 1 amide bonds. The second kappa shape index (κ2) is 5.87. The molecule has 0 aliphatic heterocycles. The molecule has 2 aliphatic carbocycles. The summed E-state index contributed by atoms with van der Waals surface area (Å²) in [7, 11) is 0. The number of hydrazone groups is 1. The van der Waals surface area contributed by atoms with Crippen molar-refractivity contribution in [2.24, 2.45) is 22.9 Å². The SMILES string of the molecule is O=C(N/N=C\[C@H]1C[C@H]2CC[C@H]1C2)c1sc2cc(F)ccc2c1Cl. The van der Waals surface area contributed by atoms with Crippen molar-refractivity contribution in [3.05, 3.63) is 33.9 Å². The van der Waals surface area contributed by atoms with Gasteiger partial charge < -0.3 is 0 Å². The van der Waals surface area contributed by atoms with Crippen LogP contribution in [0, 0.1) is 23.6 Å². The molecule has 1 N–H and O–H groups in total. The normalized spacial score (nSPS) is 26.4. The summed E-state index contributed by atoms with van der Waals surface area (Å²) in [5.41, 5.74) is 2.56. The molecule has 1 aromatic carbocycles. The fourth-order valence-corrected chi connectivity index (χ4v) is 5.34. The monoisotopic (exact) mass is 350 g/mol. The van der Waals surface area contributed by atoms with Crippen molar-refractivity contribution < 1.29 is 9.18 Å². The number of benzene rings is 1. The highest BCUT2D eigenvalue weighted by molar-refractivity contribution is 7.21. The standard InChI is InChI=1S/C17H16ClFN2OS/c18-15-13-4-3-12(19)7-14(13)23-16(15)17(22)21-20-8-11-6-9-1-2-10(11)5-9/h3-4,7-11H,1-2,5-6H2,(H,21,22)/b20-8-/t9-,10-,11+/m0/s1. The maximum atomic E-state index is 13.3. The summed E-state index contributed by atoms with van der Waals surface area (Å²) in [6, 6.07) is 4.33. The van der Waals surface area contributed by atoms with E-state index in [2.05, 4.69) is 10.5 Å². The number of hydrogen-bond donors (Lipinski definition) is 1. The topological polar surface area (TPSA) is 41.5 Å². The molecule has 6 heteroatoms. The molecule has 3 nitrogen and oxygen atoms in total. The maximum Gasteiger partial charge on any atom is 0.282 e. The Labute approximate surface area is 142 Å². The number of hydrogen-bond acceptors (Lipinski definition) is 3. The molecule has 1 heterocycles. The van der Waals surface area contributed by atoms with Gasteiger partial charge in [-0.15, -0.1) is 11.3 Å². The van der Waals surface area contributed by atoms with Crippen LogP contribution in [0.5, 0.6) is 0 Å². The van der Waals surface area contributed by atoms with Crippen molar-refractivity contribution in [3.8, 4) is 0 Å². The van der Waals surface area contributed by atoms with E-state index in [1.165, 1.54) is 49.2 Å². The van der Waals surface area contributed by atoms with Crippen LogP contribution in [0.3, 0.4) is 0 Å². The highest BCUT2D eigenvalue weighted by atomic mass is 35.5. The molecule has 2 aromatic rings. The summed E-state index contributed by atoms with van der Waals surface area (Å²) >= 11 is 7.42. The first-order chi connectivity index (χ1) is 11.1. The van der Waals surface area contributed by atoms with E-state index in [9.17, 15) is 9.18 Å². The molecule has 0 spiro atoms. The molecule has 120 valence electrons. The van der Waals surface area contributed by atoms with Gasteiger partial charge in [-0.1, -0.05) is 18.0 Å². The molecule has 2 aliphatic rings. The second-order valence-corrected chi connectivity index (χ2v) is 7.87. The molecule has 0 saturated heterocycles. The Morgan fingerprint density at radius 1 is 1.39 bits per heavy atom. The molecule has 3 atom stereocenters. The summed E-state index contributed by atoms with van der Waals surface area (Å²) in [6.45, 7) is 0. The molecular formula is C17H16ClFN2OS. The highest BCUT2D eigenvalue weighted by Crippen LogP contribution is 2.47. The van der Waals surface area contributed by atoms with Crippen LogP contribution >= 0.6 is 22.9 Å². The zero-order chi connectivity index (χ0) is 16.0. The van der Waals surface area contributed by atoms with E-state index >= 15 is 0 Å². The Kier molecular flexibility index (Phi) is 3.85. The van der Waals surface area contributed by atoms with Crippen LogP contribution in [0.4, 0.5) is 4.39 Å². The Balaban J connectivity index is 1.48. The molecule has 0 unspecified atom stereocenters. The largest absolute Gasteiger partial charge is 0.282 e. The first kappa shape index (κ1) is 15.1. The van der Waals surface area contributed by atoms with Crippen molar-refractivity contribution in [3.63, 3.8) is 0 Å². The van der Waals surface area contributed by atoms with Gasteiger partial charge in [-0.05, 0) is 55.2 Å². The molecule has 23 heavy (non-hydrogen) atoms. The van der Waals surface area contributed by atoms with Gasteiger partial charge in [0.1, 0.15) is 10.7 Å². The third kappa shape index (κ3) is 2.76. The third-order valence-electron chi connectivity index (χ3n) is 5.02. The lowest BCUT2D eigenvalue weighted by Crippen LogP contribution is -2.19. The minimum atomic E-state index is -0.337. The molecule has 4 rings (SSSR count). The number of thiophene rings is 1. The van der Waals surface area contributed by atoms with Crippen LogP contribution in [0.1, 0.15) is 35.4 Å². The lowest BCUT2D eigenvalue weighted by molar-refractivity contribution is 0.0959. The lowest BCUT2D eigenvalue weighted by Gasteiger charge is -2.16. The second-order valence-electron chi connectivity index (χ2n) is 6.44. The molecule has 1 aromatic heterocycles. The Morgan fingerprint density at radius 2 is 2.26 bits per heavy atom. The van der Waals surface area contributed by atoms with Gasteiger partial charge >= 0.3 is 0 Å². The zero-order valence-electron chi connectivity index (χ0n) is 12.4.